The molecule has 0 spiro atoms. The zero-order chi connectivity index (χ0) is 46.8. The number of methoxy groups -OCH3 is 4. The molecule has 2 heterocycles. The highest BCUT2D eigenvalue weighted by molar-refractivity contribution is 7.48. The molecule has 15 nitrogen and oxygen atoms in total. The summed E-state index contributed by atoms with van der Waals surface area (Å²) in [5.74, 6) is 1.35. The van der Waals surface area contributed by atoms with Gasteiger partial charge in [0.1, 0.15) is 47.0 Å². The van der Waals surface area contributed by atoms with Crippen molar-refractivity contribution in [1.82, 2.24) is 9.55 Å². The fourth-order valence-corrected chi connectivity index (χ4v) is 9.22. The van der Waals surface area contributed by atoms with Gasteiger partial charge < -0.3 is 28.4 Å². The molecule has 7 rings (SSSR count). The monoisotopic (exact) mass is 918 g/mol. The molecule has 0 aliphatic carbocycles. The maximum absolute atomic E-state index is 15.3. The van der Waals surface area contributed by atoms with Crippen molar-refractivity contribution in [3.63, 3.8) is 0 Å². The van der Waals surface area contributed by atoms with Gasteiger partial charge in [0.05, 0.1) is 41.7 Å². The van der Waals surface area contributed by atoms with Crippen LogP contribution in [0.25, 0.3) is 0 Å². The van der Waals surface area contributed by atoms with Gasteiger partial charge in [-0.1, -0.05) is 91.0 Å². The minimum Gasteiger partial charge on any atom is -0.497 e. The molecule has 1 aliphatic heterocycles. The van der Waals surface area contributed by atoms with E-state index in [1.165, 1.54) is 31.1 Å². The van der Waals surface area contributed by atoms with Gasteiger partial charge in [0.2, 0.25) is 0 Å². The molecule has 344 valence electrons. The van der Waals surface area contributed by atoms with E-state index in [1.807, 2.05) is 78.9 Å². The summed E-state index contributed by atoms with van der Waals surface area (Å²) in [6.45, 7) is 4.73. The van der Waals surface area contributed by atoms with Crippen molar-refractivity contribution in [2.24, 2.45) is 0 Å². The fraction of sp³-hybridized carbons (Fsp3) is 0.260. The average molecular weight is 919 g/mol. The van der Waals surface area contributed by atoms with E-state index < -0.39 is 55.0 Å². The number of aromatic nitrogens is 2. The lowest BCUT2D eigenvalue weighted by atomic mass is 9.80. The Labute approximate surface area is 382 Å². The Balaban J connectivity index is 1.33. The van der Waals surface area contributed by atoms with Crippen LogP contribution in [0.5, 0.6) is 23.0 Å². The van der Waals surface area contributed by atoms with Gasteiger partial charge in [-0.25, -0.2) is 9.36 Å². The van der Waals surface area contributed by atoms with E-state index in [4.69, 9.17) is 42.0 Å². The van der Waals surface area contributed by atoms with Crippen LogP contribution in [0, 0.1) is 6.92 Å². The quantitative estimate of drug-likeness (QED) is 0.0316. The van der Waals surface area contributed by atoms with Gasteiger partial charge in [-0.15, -0.1) is 6.58 Å². The van der Waals surface area contributed by atoms with E-state index in [0.717, 1.165) is 16.7 Å². The Bertz CT molecular complexity index is 2690. The normalized spacial score (nSPS) is 17.3. The minimum absolute atomic E-state index is 0.113. The summed E-state index contributed by atoms with van der Waals surface area (Å²) in [5.41, 5.74) is 0.287. The SMILES string of the molecule is C=CCOP(=O)(OC(C(=O)c1ccccc1)c1cc(OC)cc(OC)c1)O[C@H]1C[C@H](n2cc(C)c(=O)[nH]c2=O)O[C@@H]1COC(c1ccccc1)(c1ccc(OC)cc1)c1ccc(OC)cc1. The molecule has 5 aromatic carbocycles. The third-order valence-electron chi connectivity index (χ3n) is 11.1. The number of phosphoric ester groups is 1. The van der Waals surface area contributed by atoms with Crippen LogP contribution in [-0.4, -0.2) is 69.2 Å². The molecule has 66 heavy (non-hydrogen) atoms. The minimum atomic E-state index is -4.85. The van der Waals surface area contributed by atoms with Crippen LogP contribution in [0.1, 0.15) is 56.9 Å². The molecule has 16 heteroatoms. The third-order valence-corrected chi connectivity index (χ3v) is 12.6. The first-order chi connectivity index (χ1) is 31.9. The van der Waals surface area contributed by atoms with Gasteiger partial charge in [-0.05, 0) is 65.6 Å². The number of Topliss-reactive ketones (excluding diaryl/α,β-unsaturated/α-hetero) is 1. The summed E-state index contributed by atoms with van der Waals surface area (Å²) in [6, 6.07) is 37.5. The number of nitrogens with zero attached hydrogens (tertiary/aromatic N) is 1. The Morgan fingerprint density at radius 1 is 0.803 bits per heavy atom. The average Bonchev–Trinajstić information content (AvgIpc) is 3.75. The molecule has 5 atom stereocenters. The summed E-state index contributed by atoms with van der Waals surface area (Å²) < 4.78 is 71.1. The second-order valence-corrected chi connectivity index (χ2v) is 16.8. The first kappa shape index (κ1) is 47.4. The molecular formula is C50H51N2O13P. The van der Waals surface area contributed by atoms with E-state index in [9.17, 15) is 14.4 Å². The molecule has 0 bridgehead atoms. The van der Waals surface area contributed by atoms with Crippen molar-refractivity contribution in [2.75, 3.05) is 41.7 Å². The summed E-state index contributed by atoms with van der Waals surface area (Å²) >= 11 is 0. The Morgan fingerprint density at radius 2 is 1.35 bits per heavy atom. The van der Waals surface area contributed by atoms with Crippen LogP contribution < -0.4 is 30.2 Å². The standard InChI is InChI=1S/C50H51N2O13P/c1-7-26-62-66(56,65-47(46(53)34-14-10-8-11-15-34)35-27-41(59-5)29-42(28-35)60-6)64-43-30-45(52-31-33(2)48(54)51-49(52)55)63-44(43)32-61-50(36-16-12-9-13-17-36,37-18-22-39(57-3)23-19-37)38-20-24-40(58-4)25-21-38/h7-25,27-29,31,43-45,47H,1,26,30,32H2,2-6H3,(H,51,54,55)/t43-,44+,45+,47?,66?/m0/s1. The zero-order valence-electron chi connectivity index (χ0n) is 37.1. The molecule has 0 radical (unpaired) electrons. The number of benzene rings is 5. The number of aryl methyl sites for hydroxylation is 1. The van der Waals surface area contributed by atoms with E-state index >= 15 is 4.57 Å². The molecule has 1 aromatic heterocycles. The van der Waals surface area contributed by atoms with Crippen molar-refractivity contribution in [2.45, 2.75) is 43.5 Å². The number of hydrogen-bond acceptors (Lipinski definition) is 13. The van der Waals surface area contributed by atoms with Gasteiger partial charge >= 0.3 is 13.5 Å². The number of ketones is 1. The summed E-state index contributed by atoms with van der Waals surface area (Å²) in [4.78, 5) is 42.6. The topological polar surface area (TPSA) is 172 Å². The number of phosphoric acid groups is 1. The molecule has 1 N–H and O–H groups in total. The molecule has 2 unspecified atom stereocenters. The summed E-state index contributed by atoms with van der Waals surface area (Å²) in [5, 5.41) is 0. The fourth-order valence-electron chi connectivity index (χ4n) is 7.73. The number of H-pyrrole nitrogens is 1. The number of carbonyl (C=O) groups is 1. The Hall–Kier alpha value is -6.58. The predicted octanol–water partition coefficient (Wildman–Crippen LogP) is 8.51. The van der Waals surface area contributed by atoms with Crippen molar-refractivity contribution >= 4 is 13.6 Å². The maximum Gasteiger partial charge on any atom is 0.476 e. The van der Waals surface area contributed by atoms with Crippen LogP contribution in [0.2, 0.25) is 0 Å². The van der Waals surface area contributed by atoms with E-state index in [2.05, 4.69) is 11.6 Å². The number of nitrogens with one attached hydrogen (secondary N) is 1. The highest BCUT2D eigenvalue weighted by Gasteiger charge is 2.47. The summed E-state index contributed by atoms with van der Waals surface area (Å²) in [7, 11) is 1.22. The summed E-state index contributed by atoms with van der Waals surface area (Å²) in [6.07, 6.45) is -2.33. The Morgan fingerprint density at radius 3 is 1.89 bits per heavy atom. The number of carbonyl (C=O) groups excluding carboxylic acids is 1. The second-order valence-electron chi connectivity index (χ2n) is 15.2. The molecular weight excluding hydrogens is 868 g/mol. The highest BCUT2D eigenvalue weighted by Crippen LogP contribution is 2.57. The van der Waals surface area contributed by atoms with Crippen LogP contribution in [0.4, 0.5) is 0 Å². The zero-order valence-corrected chi connectivity index (χ0v) is 38.0. The van der Waals surface area contributed by atoms with Crippen LogP contribution in [-0.2, 0) is 33.2 Å². The molecule has 1 saturated heterocycles. The lowest BCUT2D eigenvalue weighted by molar-refractivity contribution is -0.0949. The lowest BCUT2D eigenvalue weighted by Crippen LogP contribution is -2.38. The van der Waals surface area contributed by atoms with E-state index in [-0.39, 0.29) is 36.3 Å². The van der Waals surface area contributed by atoms with Gasteiger partial charge in [0, 0.05) is 29.8 Å². The number of rotatable bonds is 21. The van der Waals surface area contributed by atoms with Gasteiger partial charge in [0.25, 0.3) is 5.56 Å². The number of ether oxygens (including phenoxy) is 6. The second kappa shape index (κ2) is 21.2. The van der Waals surface area contributed by atoms with E-state index in [1.54, 1.807) is 69.7 Å². The molecule has 1 aliphatic rings. The van der Waals surface area contributed by atoms with Crippen molar-refractivity contribution in [3.05, 3.63) is 200 Å². The predicted molar refractivity (Wildman–Crippen MR) is 246 cm³/mol. The molecule has 1 fully saturated rings. The smallest absolute Gasteiger partial charge is 0.476 e. The van der Waals surface area contributed by atoms with Crippen LogP contribution in [0.15, 0.2) is 156 Å². The largest absolute Gasteiger partial charge is 0.497 e. The number of aromatic amines is 1. The first-order valence-electron chi connectivity index (χ1n) is 20.9. The van der Waals surface area contributed by atoms with Crippen molar-refractivity contribution in [1.29, 1.82) is 0 Å². The van der Waals surface area contributed by atoms with Crippen molar-refractivity contribution < 1.29 is 51.4 Å². The van der Waals surface area contributed by atoms with Gasteiger partial charge in [-0.3, -0.25) is 32.7 Å². The highest BCUT2D eigenvalue weighted by atomic mass is 31.2. The molecule has 0 saturated carbocycles. The molecule has 0 amide bonds. The van der Waals surface area contributed by atoms with Crippen LogP contribution >= 0.6 is 7.82 Å². The van der Waals surface area contributed by atoms with Gasteiger partial charge in [-0.2, -0.15) is 0 Å². The maximum atomic E-state index is 15.3. The van der Waals surface area contributed by atoms with Gasteiger partial charge in [0.15, 0.2) is 11.9 Å². The van der Waals surface area contributed by atoms with Crippen molar-refractivity contribution in [3.8, 4) is 23.0 Å². The van der Waals surface area contributed by atoms with Crippen LogP contribution in [0.3, 0.4) is 0 Å². The first-order valence-corrected chi connectivity index (χ1v) is 22.4. The number of hydrogen-bond donors (Lipinski definition) is 1. The van der Waals surface area contributed by atoms with E-state index in [0.29, 0.717) is 23.0 Å². The third kappa shape index (κ3) is 10.4. The Kier molecular flexibility index (Phi) is 15.2. The lowest BCUT2D eigenvalue weighted by Gasteiger charge is -2.37. The molecule has 6 aromatic rings.